The summed E-state index contributed by atoms with van der Waals surface area (Å²) in [5.41, 5.74) is 0. The monoisotopic (exact) mass is 218 g/mol. The summed E-state index contributed by atoms with van der Waals surface area (Å²) in [6, 6.07) is 0. The fourth-order valence-corrected chi connectivity index (χ4v) is 1.49. The molecule has 0 radical (unpaired) electrons. The summed E-state index contributed by atoms with van der Waals surface area (Å²) in [5.74, 6) is 1.98. The molecular formula is C12H14N2O2. The van der Waals surface area contributed by atoms with Crippen molar-refractivity contribution in [3.05, 3.63) is 47.9 Å². The molecule has 1 aromatic heterocycles. The van der Waals surface area contributed by atoms with Crippen molar-refractivity contribution < 1.29 is 9.15 Å². The summed E-state index contributed by atoms with van der Waals surface area (Å²) in [4.78, 5) is 0. The number of ether oxygens (including phenoxy) is 1. The predicted octanol–water partition coefficient (Wildman–Crippen LogP) is 2.51. The van der Waals surface area contributed by atoms with Gasteiger partial charge >= 0.3 is 0 Å². The zero-order valence-electron chi connectivity index (χ0n) is 9.38. The van der Waals surface area contributed by atoms with Crippen LogP contribution in [0.2, 0.25) is 0 Å². The fraction of sp³-hybridized carbons (Fsp3) is 0.333. The highest BCUT2D eigenvalue weighted by atomic mass is 16.5. The predicted molar refractivity (Wildman–Crippen MR) is 59.8 cm³/mol. The maximum Gasteiger partial charge on any atom is 0.227 e. The number of hydrogen-bond donors (Lipinski definition) is 0. The van der Waals surface area contributed by atoms with Gasteiger partial charge in [0.05, 0.1) is 12.5 Å². The van der Waals surface area contributed by atoms with Crippen LogP contribution in [0.15, 0.2) is 40.6 Å². The Morgan fingerprint density at radius 3 is 2.94 bits per heavy atom. The molecule has 4 nitrogen and oxygen atoms in total. The van der Waals surface area contributed by atoms with Crippen LogP contribution in [0.1, 0.15) is 24.6 Å². The van der Waals surface area contributed by atoms with Crippen LogP contribution in [0.4, 0.5) is 0 Å². The first-order valence-electron chi connectivity index (χ1n) is 5.29. The summed E-state index contributed by atoms with van der Waals surface area (Å²) < 4.78 is 10.9. The van der Waals surface area contributed by atoms with Crippen LogP contribution in [-0.2, 0) is 4.74 Å². The molecular weight excluding hydrogens is 204 g/mol. The smallest absolute Gasteiger partial charge is 0.227 e. The summed E-state index contributed by atoms with van der Waals surface area (Å²) >= 11 is 0. The SMILES string of the molecule is CCOC1=CC(c2nnc(C)o2)C=CC=C1. The van der Waals surface area contributed by atoms with Crippen LogP contribution >= 0.6 is 0 Å². The summed E-state index contributed by atoms with van der Waals surface area (Å²) in [6.07, 6.45) is 9.77. The van der Waals surface area contributed by atoms with Gasteiger partial charge in [0, 0.05) is 6.92 Å². The van der Waals surface area contributed by atoms with E-state index in [1.54, 1.807) is 6.92 Å². The molecule has 1 heterocycles. The van der Waals surface area contributed by atoms with E-state index in [1.165, 1.54) is 0 Å². The minimum atomic E-state index is -0.0160. The lowest BCUT2D eigenvalue weighted by atomic mass is 10.1. The Bertz CT molecular complexity index is 444. The molecule has 2 rings (SSSR count). The molecule has 0 amide bonds. The molecule has 1 aliphatic carbocycles. The van der Waals surface area contributed by atoms with Crippen LogP contribution in [0, 0.1) is 6.92 Å². The molecule has 0 saturated carbocycles. The van der Waals surface area contributed by atoms with E-state index in [1.807, 2.05) is 37.3 Å². The van der Waals surface area contributed by atoms with E-state index < -0.39 is 0 Å². The van der Waals surface area contributed by atoms with Gasteiger partial charge in [-0.15, -0.1) is 10.2 Å². The van der Waals surface area contributed by atoms with E-state index in [-0.39, 0.29) is 5.92 Å². The van der Waals surface area contributed by atoms with Crippen molar-refractivity contribution in [3.8, 4) is 0 Å². The van der Waals surface area contributed by atoms with E-state index in [9.17, 15) is 0 Å². The molecule has 0 N–H and O–H groups in total. The molecule has 84 valence electrons. The first-order chi connectivity index (χ1) is 7.79. The van der Waals surface area contributed by atoms with Gasteiger partial charge in [-0.1, -0.05) is 18.2 Å². The lowest BCUT2D eigenvalue weighted by Gasteiger charge is -2.05. The second-order valence-electron chi connectivity index (χ2n) is 3.43. The van der Waals surface area contributed by atoms with Gasteiger partial charge in [-0.25, -0.2) is 0 Å². The van der Waals surface area contributed by atoms with E-state index in [2.05, 4.69) is 10.2 Å². The average molecular weight is 218 g/mol. The normalized spacial score (nSPS) is 19.4. The van der Waals surface area contributed by atoms with Gasteiger partial charge in [0.1, 0.15) is 5.76 Å². The lowest BCUT2D eigenvalue weighted by molar-refractivity contribution is 0.241. The molecule has 0 aromatic carbocycles. The Hall–Kier alpha value is -1.84. The molecule has 0 aliphatic heterocycles. The number of nitrogens with zero attached hydrogens (tertiary/aromatic N) is 2. The van der Waals surface area contributed by atoms with Crippen molar-refractivity contribution in [2.45, 2.75) is 19.8 Å². The molecule has 0 bridgehead atoms. The van der Waals surface area contributed by atoms with Crippen molar-refractivity contribution in [3.63, 3.8) is 0 Å². The standard InChI is InChI=1S/C12H14N2O2/c1-3-15-11-7-5-4-6-10(8-11)12-14-13-9(2)16-12/h4-8,10H,3H2,1-2H3. The van der Waals surface area contributed by atoms with Gasteiger partial charge in [-0.3, -0.25) is 0 Å². The molecule has 1 atom stereocenters. The highest BCUT2D eigenvalue weighted by Crippen LogP contribution is 2.22. The molecule has 16 heavy (non-hydrogen) atoms. The highest BCUT2D eigenvalue weighted by molar-refractivity contribution is 5.29. The van der Waals surface area contributed by atoms with E-state index >= 15 is 0 Å². The van der Waals surface area contributed by atoms with Crippen molar-refractivity contribution in [2.24, 2.45) is 0 Å². The second kappa shape index (κ2) is 4.79. The van der Waals surface area contributed by atoms with Gasteiger partial charge in [0.15, 0.2) is 0 Å². The van der Waals surface area contributed by atoms with Crippen molar-refractivity contribution in [1.82, 2.24) is 10.2 Å². The first-order valence-corrected chi connectivity index (χ1v) is 5.29. The number of allylic oxidation sites excluding steroid dienone is 5. The Morgan fingerprint density at radius 1 is 1.38 bits per heavy atom. The van der Waals surface area contributed by atoms with Crippen LogP contribution in [0.25, 0.3) is 0 Å². The van der Waals surface area contributed by atoms with Crippen molar-refractivity contribution in [2.75, 3.05) is 6.61 Å². The van der Waals surface area contributed by atoms with Gasteiger partial charge in [-0.05, 0) is 19.1 Å². The maximum absolute atomic E-state index is 5.47. The molecule has 1 unspecified atom stereocenters. The Morgan fingerprint density at radius 2 is 2.25 bits per heavy atom. The van der Waals surface area contributed by atoms with Gasteiger partial charge in [-0.2, -0.15) is 0 Å². The Kier molecular flexibility index (Phi) is 3.19. The van der Waals surface area contributed by atoms with E-state index in [0.29, 0.717) is 18.4 Å². The minimum absolute atomic E-state index is 0.0160. The van der Waals surface area contributed by atoms with Crippen LogP contribution in [-0.4, -0.2) is 16.8 Å². The molecule has 4 heteroatoms. The largest absolute Gasteiger partial charge is 0.494 e. The molecule has 1 aliphatic rings. The molecule has 1 aromatic rings. The third-order valence-corrected chi connectivity index (χ3v) is 2.17. The van der Waals surface area contributed by atoms with Gasteiger partial charge < -0.3 is 9.15 Å². The van der Waals surface area contributed by atoms with Gasteiger partial charge in [0.2, 0.25) is 11.8 Å². The maximum atomic E-state index is 5.47. The zero-order chi connectivity index (χ0) is 11.4. The van der Waals surface area contributed by atoms with Crippen molar-refractivity contribution in [1.29, 1.82) is 0 Å². The summed E-state index contributed by atoms with van der Waals surface area (Å²) in [5, 5.41) is 7.83. The van der Waals surface area contributed by atoms with Crippen LogP contribution < -0.4 is 0 Å². The number of rotatable bonds is 3. The Labute approximate surface area is 94.3 Å². The average Bonchev–Trinajstić information content (AvgIpc) is 2.56. The first kappa shape index (κ1) is 10.7. The fourth-order valence-electron chi connectivity index (χ4n) is 1.49. The summed E-state index contributed by atoms with van der Waals surface area (Å²) in [7, 11) is 0. The number of aromatic nitrogens is 2. The minimum Gasteiger partial charge on any atom is -0.494 e. The summed E-state index contributed by atoms with van der Waals surface area (Å²) in [6.45, 7) is 4.38. The third kappa shape index (κ3) is 2.39. The quantitative estimate of drug-likeness (QED) is 0.782. The lowest BCUT2D eigenvalue weighted by Crippen LogP contribution is -1.95. The topological polar surface area (TPSA) is 48.2 Å². The Balaban J connectivity index is 2.24. The highest BCUT2D eigenvalue weighted by Gasteiger charge is 2.14. The molecule has 0 fully saturated rings. The third-order valence-electron chi connectivity index (χ3n) is 2.17. The van der Waals surface area contributed by atoms with E-state index in [4.69, 9.17) is 9.15 Å². The van der Waals surface area contributed by atoms with E-state index in [0.717, 1.165) is 5.76 Å². The van der Waals surface area contributed by atoms with Gasteiger partial charge in [0.25, 0.3) is 0 Å². The number of aryl methyl sites for hydroxylation is 1. The van der Waals surface area contributed by atoms with Crippen molar-refractivity contribution >= 4 is 0 Å². The van der Waals surface area contributed by atoms with Crippen LogP contribution in [0.5, 0.6) is 0 Å². The second-order valence-corrected chi connectivity index (χ2v) is 3.43. The number of hydrogen-bond acceptors (Lipinski definition) is 4. The zero-order valence-corrected chi connectivity index (χ0v) is 9.38. The molecule has 0 saturated heterocycles. The molecule has 0 spiro atoms. The van der Waals surface area contributed by atoms with Crippen LogP contribution in [0.3, 0.4) is 0 Å².